The van der Waals surface area contributed by atoms with Gasteiger partial charge in [0.15, 0.2) is 0 Å². The van der Waals surface area contributed by atoms with Crippen LogP contribution in [0.4, 0.5) is 13.2 Å². The number of rotatable bonds is 1. The van der Waals surface area contributed by atoms with E-state index in [4.69, 9.17) is 0 Å². The second kappa shape index (κ2) is 6.00. The third kappa shape index (κ3) is 2.91. The molecule has 3 heterocycles. The second-order valence-electron chi connectivity index (χ2n) is 6.99. The van der Waals surface area contributed by atoms with Gasteiger partial charge in [0.2, 0.25) is 0 Å². The second-order valence-corrected chi connectivity index (χ2v) is 6.99. The number of aromatic nitrogens is 1. The number of halogens is 3. The van der Waals surface area contributed by atoms with E-state index in [9.17, 15) is 22.8 Å². The molecule has 0 unspecified atom stereocenters. The van der Waals surface area contributed by atoms with Gasteiger partial charge in [-0.2, -0.15) is 13.2 Å². The van der Waals surface area contributed by atoms with Crippen LogP contribution in [0.25, 0.3) is 0 Å². The molecule has 4 nitrogen and oxygen atoms in total. The first-order valence-corrected chi connectivity index (χ1v) is 8.49. The van der Waals surface area contributed by atoms with Gasteiger partial charge in [0.25, 0.3) is 11.5 Å². The number of carbonyl (C=O) groups is 1. The third-order valence-electron chi connectivity index (χ3n) is 5.20. The van der Waals surface area contributed by atoms with Crippen molar-refractivity contribution >= 4 is 5.91 Å². The van der Waals surface area contributed by atoms with Crippen molar-refractivity contribution in [1.82, 2.24) is 9.47 Å². The molecule has 136 valence electrons. The van der Waals surface area contributed by atoms with Crippen LogP contribution in [0.15, 0.2) is 47.3 Å². The highest BCUT2D eigenvalue weighted by molar-refractivity contribution is 5.94. The lowest BCUT2D eigenvalue weighted by Crippen LogP contribution is -2.49. The van der Waals surface area contributed by atoms with Crippen molar-refractivity contribution in [1.29, 1.82) is 0 Å². The SMILES string of the molecule is O=C(c1cccc(C(F)(F)F)c1)N1C[C@@H]2C[C@H](C1)c1cccc(=O)n1C2. The molecule has 7 heteroatoms. The molecule has 2 atom stereocenters. The molecule has 0 radical (unpaired) electrons. The van der Waals surface area contributed by atoms with Crippen LogP contribution in [-0.2, 0) is 12.7 Å². The molecule has 2 aromatic rings. The molecular formula is C19H17F3N2O2. The van der Waals surface area contributed by atoms with Gasteiger partial charge in [-0.05, 0) is 36.6 Å². The van der Waals surface area contributed by atoms with Crippen LogP contribution in [0.3, 0.4) is 0 Å². The molecule has 1 aromatic heterocycles. The van der Waals surface area contributed by atoms with Gasteiger partial charge in [0.1, 0.15) is 0 Å². The molecule has 2 aliphatic heterocycles. The number of carbonyl (C=O) groups excluding carboxylic acids is 1. The largest absolute Gasteiger partial charge is 0.416 e. The van der Waals surface area contributed by atoms with Gasteiger partial charge in [-0.25, -0.2) is 0 Å². The molecule has 1 fully saturated rings. The Morgan fingerprint density at radius 2 is 1.81 bits per heavy atom. The summed E-state index contributed by atoms with van der Waals surface area (Å²) in [5.41, 5.74) is 0.0767. The molecule has 0 saturated carbocycles. The minimum atomic E-state index is -4.48. The number of hydrogen-bond donors (Lipinski definition) is 0. The zero-order chi connectivity index (χ0) is 18.5. The molecule has 4 rings (SSSR count). The summed E-state index contributed by atoms with van der Waals surface area (Å²) < 4.78 is 40.5. The minimum Gasteiger partial charge on any atom is -0.338 e. The monoisotopic (exact) mass is 362 g/mol. The first-order valence-electron chi connectivity index (χ1n) is 8.49. The van der Waals surface area contributed by atoms with Gasteiger partial charge in [-0.1, -0.05) is 12.1 Å². The summed E-state index contributed by atoms with van der Waals surface area (Å²) in [6, 6.07) is 9.67. The van der Waals surface area contributed by atoms with Crippen LogP contribution in [0.2, 0.25) is 0 Å². The van der Waals surface area contributed by atoms with Crippen molar-refractivity contribution < 1.29 is 18.0 Å². The highest BCUT2D eigenvalue weighted by Gasteiger charge is 2.37. The summed E-state index contributed by atoms with van der Waals surface area (Å²) in [6.07, 6.45) is -3.59. The minimum absolute atomic E-state index is 0.0335. The number of hydrogen-bond acceptors (Lipinski definition) is 2. The predicted molar refractivity (Wildman–Crippen MR) is 88.9 cm³/mol. The van der Waals surface area contributed by atoms with Crippen LogP contribution in [0.5, 0.6) is 0 Å². The summed E-state index contributed by atoms with van der Waals surface area (Å²) in [5, 5.41) is 0. The molecule has 2 bridgehead atoms. The van der Waals surface area contributed by atoms with E-state index >= 15 is 0 Å². The van der Waals surface area contributed by atoms with Gasteiger partial charge in [-0.3, -0.25) is 9.59 Å². The van der Waals surface area contributed by atoms with Crippen LogP contribution < -0.4 is 5.56 Å². The Bertz CT molecular complexity index is 919. The lowest BCUT2D eigenvalue weighted by atomic mass is 9.83. The van der Waals surface area contributed by atoms with Crippen LogP contribution in [0, 0.1) is 5.92 Å². The summed E-state index contributed by atoms with van der Waals surface area (Å²) >= 11 is 0. The maximum absolute atomic E-state index is 12.9. The van der Waals surface area contributed by atoms with Gasteiger partial charge < -0.3 is 9.47 Å². The van der Waals surface area contributed by atoms with E-state index in [0.29, 0.717) is 19.6 Å². The quantitative estimate of drug-likeness (QED) is 0.782. The predicted octanol–water partition coefficient (Wildman–Crippen LogP) is 3.13. The van der Waals surface area contributed by atoms with Crippen molar-refractivity contribution in [2.75, 3.05) is 13.1 Å². The summed E-state index contributed by atoms with van der Waals surface area (Å²) in [6.45, 7) is 1.40. The van der Waals surface area contributed by atoms with E-state index in [1.165, 1.54) is 18.2 Å². The molecule has 1 aromatic carbocycles. The fourth-order valence-corrected chi connectivity index (χ4v) is 4.07. The van der Waals surface area contributed by atoms with Crippen LogP contribution in [0.1, 0.15) is 34.0 Å². The van der Waals surface area contributed by atoms with E-state index in [1.807, 2.05) is 6.07 Å². The summed E-state index contributed by atoms with van der Waals surface area (Å²) in [4.78, 5) is 26.4. The number of nitrogens with zero attached hydrogens (tertiary/aromatic N) is 2. The summed E-state index contributed by atoms with van der Waals surface area (Å²) in [5.74, 6) is -0.222. The van der Waals surface area contributed by atoms with Crippen LogP contribution in [-0.4, -0.2) is 28.5 Å². The fourth-order valence-electron chi connectivity index (χ4n) is 4.07. The fraction of sp³-hybridized carbons (Fsp3) is 0.368. The smallest absolute Gasteiger partial charge is 0.338 e. The first-order chi connectivity index (χ1) is 12.3. The molecule has 26 heavy (non-hydrogen) atoms. The molecule has 1 amide bonds. The zero-order valence-corrected chi connectivity index (χ0v) is 13.9. The standard InChI is InChI=1S/C19H17F3N2O2/c20-19(21,22)15-4-1-3-13(8-15)18(26)23-9-12-7-14(11-23)16-5-2-6-17(25)24(16)10-12/h1-6,8,12,14H,7,9-11H2/t12-,14+/m0/s1. The van der Waals surface area contributed by atoms with Crippen LogP contribution >= 0.6 is 0 Å². The van der Waals surface area contributed by atoms with E-state index in [0.717, 1.165) is 24.2 Å². The molecule has 1 saturated heterocycles. The maximum Gasteiger partial charge on any atom is 0.416 e. The number of fused-ring (bicyclic) bond motifs is 4. The third-order valence-corrected chi connectivity index (χ3v) is 5.20. The topological polar surface area (TPSA) is 42.3 Å². The normalized spacial score (nSPS) is 22.0. The maximum atomic E-state index is 12.9. The lowest BCUT2D eigenvalue weighted by molar-refractivity contribution is -0.137. The van der Waals surface area contributed by atoms with Crippen molar-refractivity contribution in [3.63, 3.8) is 0 Å². The van der Waals surface area contributed by atoms with E-state index < -0.39 is 17.6 Å². The van der Waals surface area contributed by atoms with Gasteiger partial charge in [0, 0.05) is 42.9 Å². The first kappa shape index (κ1) is 16.9. The average Bonchev–Trinajstić information content (AvgIpc) is 2.61. The van der Waals surface area contributed by atoms with Crippen molar-refractivity contribution in [3.8, 4) is 0 Å². The average molecular weight is 362 g/mol. The van der Waals surface area contributed by atoms with Gasteiger partial charge >= 0.3 is 6.18 Å². The Labute approximate surface area is 147 Å². The highest BCUT2D eigenvalue weighted by atomic mass is 19.4. The van der Waals surface area contributed by atoms with Crippen molar-refractivity contribution in [3.05, 3.63) is 69.6 Å². The van der Waals surface area contributed by atoms with Crippen molar-refractivity contribution in [2.24, 2.45) is 5.92 Å². The van der Waals surface area contributed by atoms with E-state index in [-0.39, 0.29) is 23.0 Å². The number of piperidine rings is 1. The Morgan fingerprint density at radius 1 is 1.04 bits per heavy atom. The number of pyridine rings is 1. The molecule has 0 spiro atoms. The number of amides is 1. The Kier molecular flexibility index (Phi) is 3.89. The molecule has 0 N–H and O–H groups in total. The summed E-state index contributed by atoms with van der Waals surface area (Å²) in [7, 11) is 0. The van der Waals surface area contributed by atoms with Gasteiger partial charge in [-0.15, -0.1) is 0 Å². The number of alkyl halides is 3. The zero-order valence-electron chi connectivity index (χ0n) is 13.9. The highest BCUT2D eigenvalue weighted by Crippen LogP contribution is 2.36. The number of benzene rings is 1. The van der Waals surface area contributed by atoms with E-state index in [2.05, 4.69) is 0 Å². The number of likely N-dealkylation sites (tertiary alicyclic amines) is 1. The van der Waals surface area contributed by atoms with Crippen molar-refractivity contribution in [2.45, 2.75) is 25.1 Å². The van der Waals surface area contributed by atoms with E-state index in [1.54, 1.807) is 15.5 Å². The Balaban J connectivity index is 1.61. The Morgan fingerprint density at radius 3 is 2.58 bits per heavy atom. The molecule has 2 aliphatic rings. The molecule has 0 aliphatic carbocycles. The molecular weight excluding hydrogens is 345 g/mol. The Hall–Kier alpha value is -2.57. The van der Waals surface area contributed by atoms with Gasteiger partial charge in [0.05, 0.1) is 5.56 Å². The lowest BCUT2D eigenvalue weighted by Gasteiger charge is -2.42.